The van der Waals surface area contributed by atoms with Gasteiger partial charge < -0.3 is 35.1 Å². The van der Waals surface area contributed by atoms with E-state index in [1.807, 2.05) is 47.0 Å². The number of nitrogens with zero attached hydrogens (tertiary/aromatic N) is 2. The lowest BCUT2D eigenvalue weighted by atomic mass is 9.53. The predicted molar refractivity (Wildman–Crippen MR) is 224 cm³/mol. The minimum Gasteiger partial charge on any atom is -0.392 e. The van der Waals surface area contributed by atoms with Gasteiger partial charge in [0.2, 0.25) is 0 Å². The van der Waals surface area contributed by atoms with Gasteiger partial charge in [-0.25, -0.2) is 9.59 Å². The van der Waals surface area contributed by atoms with Crippen LogP contribution in [0.2, 0.25) is 0 Å². The number of H-pyrrole nitrogens is 1. The first-order chi connectivity index (χ1) is 28.4. The zero-order valence-corrected chi connectivity index (χ0v) is 33.2. The molecule has 302 valence electrons. The Morgan fingerprint density at radius 2 is 1.47 bits per heavy atom. The van der Waals surface area contributed by atoms with Crippen LogP contribution in [-0.4, -0.2) is 56.9 Å². The summed E-state index contributed by atoms with van der Waals surface area (Å²) >= 11 is 0. The Balaban J connectivity index is 0.813. The molecule has 6 aliphatic rings. The maximum Gasteiger partial charge on any atom is 0.326 e. The molecular formula is C48H55N5O5. The van der Waals surface area contributed by atoms with E-state index in [0.29, 0.717) is 13.0 Å². The summed E-state index contributed by atoms with van der Waals surface area (Å²) in [6.07, 6.45) is 9.18. The number of hydrogen-bond donors (Lipinski definition) is 4. The van der Waals surface area contributed by atoms with Gasteiger partial charge in [0, 0.05) is 49.7 Å². The monoisotopic (exact) mass is 781 g/mol. The summed E-state index contributed by atoms with van der Waals surface area (Å²) < 4.78 is 15.4. The van der Waals surface area contributed by atoms with Crippen molar-refractivity contribution in [3.8, 4) is 11.1 Å². The molecule has 4 N–H and O–H groups in total. The summed E-state index contributed by atoms with van der Waals surface area (Å²) in [5.74, 6) is 2.34. The van der Waals surface area contributed by atoms with Crippen molar-refractivity contribution in [1.82, 2.24) is 25.1 Å². The molecule has 1 aromatic heterocycles. The molecule has 0 radical (unpaired) electrons. The fourth-order valence-electron chi connectivity index (χ4n) is 11.6. The highest BCUT2D eigenvalue weighted by Crippen LogP contribution is 2.55. The third kappa shape index (κ3) is 7.63. The molecule has 58 heavy (non-hydrogen) atoms. The quantitative estimate of drug-likeness (QED) is 0.114. The third-order valence-electron chi connectivity index (χ3n) is 14.0. The van der Waals surface area contributed by atoms with E-state index in [4.69, 9.17) is 9.47 Å². The summed E-state index contributed by atoms with van der Waals surface area (Å²) in [7, 11) is 0. The maximum atomic E-state index is 13.3. The number of carbonyl (C=O) groups excluding carboxylic acids is 1. The Bertz CT molecular complexity index is 2260. The Hall–Kier alpha value is -4.74. The molecule has 5 aromatic rings. The van der Waals surface area contributed by atoms with E-state index in [0.717, 1.165) is 114 Å². The second kappa shape index (κ2) is 15.8. The molecule has 0 unspecified atom stereocenters. The van der Waals surface area contributed by atoms with Crippen LogP contribution in [-0.2, 0) is 22.6 Å². The molecular weight excluding hydrogens is 727 g/mol. The average molecular weight is 782 g/mol. The van der Waals surface area contributed by atoms with E-state index in [1.165, 1.54) is 19.3 Å². The van der Waals surface area contributed by atoms with E-state index in [1.54, 1.807) is 0 Å². The van der Waals surface area contributed by atoms with Crippen LogP contribution in [0.15, 0.2) is 102 Å². The molecule has 4 aromatic carbocycles. The van der Waals surface area contributed by atoms with Crippen molar-refractivity contribution in [2.45, 2.75) is 101 Å². The predicted octanol–water partition coefficient (Wildman–Crippen LogP) is 8.14. The maximum absolute atomic E-state index is 13.3. The fraction of sp³-hybridized carbons (Fsp3) is 0.458. The number of amides is 2. The van der Waals surface area contributed by atoms with Gasteiger partial charge in [0.05, 0.1) is 29.8 Å². The van der Waals surface area contributed by atoms with Crippen LogP contribution in [0.3, 0.4) is 0 Å². The lowest BCUT2D eigenvalue weighted by Crippen LogP contribution is -2.61. The molecule has 4 bridgehead atoms. The summed E-state index contributed by atoms with van der Waals surface area (Å²) in [4.78, 5) is 31.7. The van der Waals surface area contributed by atoms with Crippen LogP contribution >= 0.6 is 0 Å². The van der Waals surface area contributed by atoms with E-state index >= 15 is 0 Å². The number of imidazole rings is 1. The summed E-state index contributed by atoms with van der Waals surface area (Å²) in [5.41, 5.74) is 7.93. The molecule has 3 atom stereocenters. The number of para-hydroxylation sites is 2. The molecule has 4 saturated carbocycles. The Morgan fingerprint density at radius 3 is 2.19 bits per heavy atom. The number of urea groups is 1. The lowest BCUT2D eigenvalue weighted by molar-refractivity contribution is -0.253. The topological polar surface area (TPSA) is 121 Å². The van der Waals surface area contributed by atoms with Crippen LogP contribution < -0.4 is 16.3 Å². The first-order valence-corrected chi connectivity index (χ1v) is 21.5. The zero-order chi connectivity index (χ0) is 39.2. The van der Waals surface area contributed by atoms with E-state index in [-0.39, 0.29) is 42.1 Å². The number of aromatic amines is 1. The summed E-state index contributed by atoms with van der Waals surface area (Å²) in [5, 5.41) is 16.3. The van der Waals surface area contributed by atoms with Crippen LogP contribution in [0.25, 0.3) is 22.2 Å². The van der Waals surface area contributed by atoms with Crippen LogP contribution in [0.5, 0.6) is 0 Å². The number of fused-ring (bicyclic) bond motifs is 1. The highest BCUT2D eigenvalue weighted by molar-refractivity contribution is 5.76. The number of carbonyl (C=O) groups is 1. The second-order valence-corrected chi connectivity index (χ2v) is 18.0. The fourth-order valence-corrected chi connectivity index (χ4v) is 11.6. The van der Waals surface area contributed by atoms with Gasteiger partial charge in [-0.3, -0.25) is 4.57 Å². The first-order valence-electron chi connectivity index (χ1n) is 21.5. The Labute approximate surface area is 339 Å². The van der Waals surface area contributed by atoms with Crippen molar-refractivity contribution in [2.75, 3.05) is 19.6 Å². The first kappa shape index (κ1) is 37.5. The number of benzene rings is 4. The number of aliphatic hydroxyl groups excluding tert-OH is 1. The van der Waals surface area contributed by atoms with Gasteiger partial charge >= 0.3 is 11.7 Å². The van der Waals surface area contributed by atoms with Crippen LogP contribution in [0, 0.1) is 17.8 Å². The van der Waals surface area contributed by atoms with Gasteiger partial charge in [-0.05, 0) is 109 Å². The van der Waals surface area contributed by atoms with Crippen molar-refractivity contribution in [2.24, 2.45) is 17.8 Å². The highest BCUT2D eigenvalue weighted by Gasteiger charge is 2.51. The molecule has 3 heterocycles. The average Bonchev–Trinajstić information content (AvgIpc) is 3.58. The number of rotatable bonds is 10. The number of likely N-dealkylation sites (tertiary alicyclic amines) is 1. The molecule has 10 nitrogen and oxygen atoms in total. The van der Waals surface area contributed by atoms with Crippen molar-refractivity contribution in [1.29, 1.82) is 0 Å². The van der Waals surface area contributed by atoms with Crippen molar-refractivity contribution in [3.63, 3.8) is 0 Å². The zero-order valence-electron chi connectivity index (χ0n) is 33.2. The normalized spacial score (nSPS) is 28.5. The molecule has 10 heteroatoms. The van der Waals surface area contributed by atoms with Crippen molar-refractivity contribution in [3.05, 3.63) is 130 Å². The largest absolute Gasteiger partial charge is 0.392 e. The van der Waals surface area contributed by atoms with Gasteiger partial charge in [0.15, 0.2) is 6.29 Å². The minimum absolute atomic E-state index is 0.00136. The number of nitrogens with one attached hydrogen (secondary N) is 3. The molecule has 2 saturated heterocycles. The molecule has 2 amide bonds. The van der Waals surface area contributed by atoms with Gasteiger partial charge in [-0.1, -0.05) is 84.9 Å². The standard InChI is InChI=1S/C48H55N5O5/c54-30-31-9-11-36(12-10-31)44-24-40(29-52-19-17-39(18-20-52)53-43-8-4-3-7-42(43)50-47(53)56)57-45(58-44)37-15-13-35(14-16-37)41-6-2-1-5-38(41)28-49-46(55)51-48-25-32-21-33(26-48)23-34(22-32)27-48/h1-16,32-34,39-40,44-45,54H,17-30H2,(H,50,56)(H2,49,51,55)/t32?,33?,34?,40-,44+,45+,48?/m0/s1. The van der Waals surface area contributed by atoms with Crippen LogP contribution in [0.4, 0.5) is 4.79 Å². The number of aliphatic hydroxyl groups is 1. The number of ether oxygens (including phenoxy) is 2. The molecule has 0 spiro atoms. The summed E-state index contributed by atoms with van der Waals surface area (Å²) in [6, 6.07) is 32.8. The highest BCUT2D eigenvalue weighted by atomic mass is 16.7. The van der Waals surface area contributed by atoms with Gasteiger partial charge in [0.25, 0.3) is 0 Å². The van der Waals surface area contributed by atoms with E-state index < -0.39 is 6.29 Å². The molecule has 6 fully saturated rings. The van der Waals surface area contributed by atoms with E-state index in [2.05, 4.69) is 75.1 Å². The lowest BCUT2D eigenvalue weighted by Gasteiger charge is -2.56. The third-order valence-corrected chi connectivity index (χ3v) is 14.0. The number of piperidine rings is 1. The number of aromatic nitrogens is 2. The van der Waals surface area contributed by atoms with E-state index in [9.17, 15) is 14.7 Å². The number of hydrogen-bond acceptors (Lipinski definition) is 6. The van der Waals surface area contributed by atoms with Crippen molar-refractivity contribution >= 4 is 17.1 Å². The SMILES string of the molecule is O=C(NCc1ccccc1-c1ccc([C@@H]2O[C@H](CN3CCC(n4c(=O)[nH]c5ccccc54)CC3)C[C@H](c3ccc(CO)cc3)O2)cc1)NC12CC3CC(CC(C3)C1)C2. The molecule has 2 aliphatic heterocycles. The van der Waals surface area contributed by atoms with Crippen molar-refractivity contribution < 1.29 is 19.4 Å². The molecule has 11 rings (SSSR count). The second-order valence-electron chi connectivity index (χ2n) is 18.0. The molecule has 4 aliphatic carbocycles. The summed E-state index contributed by atoms with van der Waals surface area (Å²) in [6.45, 7) is 2.99. The minimum atomic E-state index is -0.553. The van der Waals surface area contributed by atoms with Gasteiger partial charge in [-0.15, -0.1) is 0 Å². The smallest absolute Gasteiger partial charge is 0.326 e. The van der Waals surface area contributed by atoms with Gasteiger partial charge in [0.1, 0.15) is 0 Å². The Morgan fingerprint density at radius 1 is 0.793 bits per heavy atom. The van der Waals surface area contributed by atoms with Crippen LogP contribution in [0.1, 0.15) is 98.5 Å². The van der Waals surface area contributed by atoms with Gasteiger partial charge in [-0.2, -0.15) is 0 Å². The Kier molecular flexibility index (Phi) is 10.2.